The molecule has 0 fully saturated rings. The number of hydrogen-bond donors (Lipinski definition) is 1. The smallest absolute Gasteiger partial charge is 0.338 e. The average Bonchev–Trinajstić information content (AvgIpc) is 2.58. The van der Waals surface area contributed by atoms with Crippen LogP contribution in [0, 0.1) is 27.7 Å². The normalized spacial score (nSPS) is 10.5. The molecule has 144 valence electrons. The van der Waals surface area contributed by atoms with Crippen LogP contribution in [0.2, 0.25) is 0 Å². The van der Waals surface area contributed by atoms with E-state index in [0.717, 1.165) is 22.3 Å². The first-order valence-corrected chi connectivity index (χ1v) is 9.17. The van der Waals surface area contributed by atoms with E-state index in [1.165, 1.54) is 0 Å². The first-order valence-electron chi connectivity index (χ1n) is 9.17. The van der Waals surface area contributed by atoms with Gasteiger partial charge in [0.05, 0.1) is 11.1 Å². The van der Waals surface area contributed by atoms with Crippen molar-refractivity contribution in [1.29, 1.82) is 0 Å². The molecule has 0 aromatic heterocycles. The summed E-state index contributed by atoms with van der Waals surface area (Å²) in [4.78, 5) is 24.1. The minimum atomic E-state index is -0.309. The Kier molecular flexibility index (Phi) is 7.55. The summed E-state index contributed by atoms with van der Waals surface area (Å²) < 4.78 is 10.6. The third kappa shape index (κ3) is 6.87. The number of hydrogen-bond acceptors (Lipinski definition) is 4. The molecule has 0 aliphatic rings. The second-order valence-corrected chi connectivity index (χ2v) is 6.89. The Morgan fingerprint density at radius 1 is 0.667 bits per heavy atom. The van der Waals surface area contributed by atoms with Crippen LogP contribution >= 0.6 is 0 Å². The first kappa shape index (κ1) is 20.6. The molecule has 0 radical (unpaired) electrons. The SMILES string of the molecule is Cc1cc(C)cc(C(=O)OCC[NH2+]CCOC(=O)c2cc(C)cc(C)c2)c1. The number of rotatable bonds is 8. The average molecular weight is 370 g/mol. The van der Waals surface area contributed by atoms with Crippen molar-refractivity contribution in [2.24, 2.45) is 0 Å². The Labute approximate surface area is 160 Å². The number of esters is 2. The Hall–Kier alpha value is -2.66. The van der Waals surface area contributed by atoms with E-state index in [4.69, 9.17) is 9.47 Å². The lowest BCUT2D eigenvalue weighted by molar-refractivity contribution is -0.656. The molecule has 0 aliphatic heterocycles. The summed E-state index contributed by atoms with van der Waals surface area (Å²) in [6.07, 6.45) is 0. The highest BCUT2D eigenvalue weighted by molar-refractivity contribution is 5.90. The summed E-state index contributed by atoms with van der Waals surface area (Å²) >= 11 is 0. The van der Waals surface area contributed by atoms with Crippen LogP contribution in [-0.2, 0) is 9.47 Å². The molecule has 0 atom stereocenters. The predicted molar refractivity (Wildman–Crippen MR) is 104 cm³/mol. The lowest BCUT2D eigenvalue weighted by atomic mass is 10.1. The Balaban J connectivity index is 1.63. The number of carbonyl (C=O) groups is 2. The maximum atomic E-state index is 12.0. The van der Waals surface area contributed by atoms with Gasteiger partial charge in [-0.2, -0.15) is 0 Å². The second-order valence-electron chi connectivity index (χ2n) is 6.89. The van der Waals surface area contributed by atoms with Gasteiger partial charge in [0.2, 0.25) is 0 Å². The van der Waals surface area contributed by atoms with Gasteiger partial charge in [-0.05, 0) is 52.0 Å². The molecule has 0 unspecified atom stereocenters. The third-order valence-corrected chi connectivity index (χ3v) is 4.03. The summed E-state index contributed by atoms with van der Waals surface area (Å²) in [5.41, 5.74) is 5.32. The van der Waals surface area contributed by atoms with Crippen LogP contribution in [-0.4, -0.2) is 38.2 Å². The van der Waals surface area contributed by atoms with Crippen LogP contribution in [0.3, 0.4) is 0 Å². The molecule has 5 heteroatoms. The van der Waals surface area contributed by atoms with Gasteiger partial charge in [-0.15, -0.1) is 0 Å². The molecule has 27 heavy (non-hydrogen) atoms. The highest BCUT2D eigenvalue weighted by Crippen LogP contribution is 2.10. The number of carbonyl (C=O) groups excluding carboxylic acids is 2. The molecule has 5 nitrogen and oxygen atoms in total. The maximum Gasteiger partial charge on any atom is 0.338 e. The molecule has 0 saturated carbocycles. The fourth-order valence-corrected chi connectivity index (χ4v) is 2.97. The van der Waals surface area contributed by atoms with Crippen molar-refractivity contribution in [2.75, 3.05) is 26.3 Å². The molecule has 0 spiro atoms. The van der Waals surface area contributed by atoms with Crippen LogP contribution in [0.15, 0.2) is 36.4 Å². The summed E-state index contributed by atoms with van der Waals surface area (Å²) in [6.45, 7) is 9.70. The molecule has 2 N–H and O–H groups in total. The van der Waals surface area contributed by atoms with E-state index in [0.29, 0.717) is 37.4 Å². The van der Waals surface area contributed by atoms with Gasteiger partial charge in [-0.3, -0.25) is 0 Å². The van der Waals surface area contributed by atoms with Gasteiger partial charge in [0.1, 0.15) is 26.3 Å². The molecule has 2 aromatic carbocycles. The quantitative estimate of drug-likeness (QED) is 0.573. The third-order valence-electron chi connectivity index (χ3n) is 4.03. The van der Waals surface area contributed by atoms with Crippen LogP contribution in [0.5, 0.6) is 0 Å². The second kappa shape index (κ2) is 9.88. The minimum absolute atomic E-state index is 0.309. The molecule has 0 bridgehead atoms. The van der Waals surface area contributed by atoms with E-state index >= 15 is 0 Å². The van der Waals surface area contributed by atoms with Crippen molar-refractivity contribution in [3.05, 3.63) is 69.8 Å². The number of nitrogens with two attached hydrogens (primary N) is 1. The van der Waals surface area contributed by atoms with Gasteiger partial charge >= 0.3 is 11.9 Å². The highest BCUT2D eigenvalue weighted by atomic mass is 16.5. The lowest BCUT2D eigenvalue weighted by Gasteiger charge is -2.07. The van der Waals surface area contributed by atoms with Gasteiger partial charge in [0, 0.05) is 0 Å². The number of benzene rings is 2. The van der Waals surface area contributed by atoms with Gasteiger partial charge in [0.25, 0.3) is 0 Å². The van der Waals surface area contributed by atoms with Crippen LogP contribution < -0.4 is 5.32 Å². The van der Waals surface area contributed by atoms with Crippen LogP contribution in [0.25, 0.3) is 0 Å². The van der Waals surface area contributed by atoms with Crippen LogP contribution in [0.1, 0.15) is 43.0 Å². The summed E-state index contributed by atoms with van der Waals surface area (Å²) in [7, 11) is 0. The monoisotopic (exact) mass is 370 g/mol. The highest BCUT2D eigenvalue weighted by Gasteiger charge is 2.10. The zero-order chi connectivity index (χ0) is 19.8. The molecule has 0 amide bonds. The van der Waals surface area contributed by atoms with Gasteiger partial charge < -0.3 is 14.8 Å². The predicted octanol–water partition coefficient (Wildman–Crippen LogP) is 2.50. The number of aryl methyl sites for hydroxylation is 4. The van der Waals surface area contributed by atoms with E-state index in [1.807, 2.05) is 69.4 Å². The Morgan fingerprint density at radius 2 is 1.00 bits per heavy atom. The molecular formula is C22H28NO4+. The standard InChI is InChI=1S/C22H27NO4/c1-15-9-16(2)12-19(11-15)21(24)26-7-5-23-6-8-27-22(25)20-13-17(3)10-18(4)14-20/h9-14,23H,5-8H2,1-4H3/p+1. The van der Waals surface area contributed by atoms with E-state index in [2.05, 4.69) is 0 Å². The van der Waals surface area contributed by atoms with Crippen molar-refractivity contribution in [3.8, 4) is 0 Å². The fourth-order valence-electron chi connectivity index (χ4n) is 2.97. The maximum absolute atomic E-state index is 12.0. The zero-order valence-corrected chi connectivity index (χ0v) is 16.5. The Bertz CT molecular complexity index is 706. The van der Waals surface area contributed by atoms with E-state index in [9.17, 15) is 9.59 Å². The van der Waals surface area contributed by atoms with Crippen LogP contribution in [0.4, 0.5) is 0 Å². The van der Waals surface area contributed by atoms with Crippen molar-refractivity contribution >= 4 is 11.9 Å². The Morgan fingerprint density at radius 3 is 1.33 bits per heavy atom. The number of quaternary nitrogens is 1. The molecule has 0 saturated heterocycles. The molecule has 0 heterocycles. The van der Waals surface area contributed by atoms with Crippen molar-refractivity contribution in [3.63, 3.8) is 0 Å². The van der Waals surface area contributed by atoms with E-state index in [1.54, 1.807) is 0 Å². The fraction of sp³-hybridized carbons (Fsp3) is 0.364. The zero-order valence-electron chi connectivity index (χ0n) is 16.5. The number of ether oxygens (including phenoxy) is 2. The summed E-state index contributed by atoms with van der Waals surface area (Å²) in [6, 6.07) is 11.3. The van der Waals surface area contributed by atoms with E-state index in [-0.39, 0.29) is 11.9 Å². The van der Waals surface area contributed by atoms with Gasteiger partial charge in [-0.1, -0.05) is 34.4 Å². The van der Waals surface area contributed by atoms with Gasteiger partial charge in [0.15, 0.2) is 0 Å². The summed E-state index contributed by atoms with van der Waals surface area (Å²) in [5.74, 6) is -0.618. The van der Waals surface area contributed by atoms with Crippen molar-refractivity contribution in [1.82, 2.24) is 0 Å². The summed E-state index contributed by atoms with van der Waals surface area (Å²) in [5, 5.41) is 1.96. The molecule has 2 aromatic rings. The first-order chi connectivity index (χ1) is 12.8. The lowest BCUT2D eigenvalue weighted by Crippen LogP contribution is -2.86. The molecule has 2 rings (SSSR count). The van der Waals surface area contributed by atoms with Crippen molar-refractivity contribution in [2.45, 2.75) is 27.7 Å². The molecule has 0 aliphatic carbocycles. The van der Waals surface area contributed by atoms with E-state index < -0.39 is 0 Å². The topological polar surface area (TPSA) is 69.2 Å². The van der Waals surface area contributed by atoms with Crippen molar-refractivity contribution < 1.29 is 24.4 Å². The van der Waals surface area contributed by atoms with Gasteiger partial charge in [-0.25, -0.2) is 9.59 Å². The largest absolute Gasteiger partial charge is 0.456 e. The molecular weight excluding hydrogens is 342 g/mol. The minimum Gasteiger partial charge on any atom is -0.456 e.